The summed E-state index contributed by atoms with van der Waals surface area (Å²) in [4.78, 5) is 21.1. The second kappa shape index (κ2) is 6.39. The zero-order chi connectivity index (χ0) is 13.5. The van der Waals surface area contributed by atoms with Crippen LogP contribution in [0, 0.1) is 10.1 Å². The maximum Gasteiger partial charge on any atom is 0.333 e. The Bertz CT molecular complexity index is 481. The summed E-state index contributed by atoms with van der Waals surface area (Å²) >= 11 is 0. The number of carbonyl (C=O) groups excluding carboxylic acids is 1. The monoisotopic (exact) mass is 251 g/mol. The fourth-order valence-electron chi connectivity index (χ4n) is 1.19. The summed E-state index contributed by atoms with van der Waals surface area (Å²) in [6.07, 6.45) is 1.55. The lowest BCUT2D eigenvalue weighted by molar-refractivity contribution is -0.384. The topological polar surface area (TPSA) is 78.7 Å². The molecule has 0 saturated heterocycles. The predicted octanol–water partition coefficient (Wildman–Crippen LogP) is 2.09. The van der Waals surface area contributed by atoms with E-state index in [1.807, 2.05) is 0 Å². The molecule has 0 N–H and O–H groups in total. The molecule has 0 aliphatic carbocycles. The van der Waals surface area contributed by atoms with Crippen LogP contribution in [0.2, 0.25) is 0 Å². The van der Waals surface area contributed by atoms with E-state index in [-0.39, 0.29) is 12.3 Å². The van der Waals surface area contributed by atoms with E-state index in [4.69, 9.17) is 4.74 Å². The van der Waals surface area contributed by atoms with Gasteiger partial charge in [-0.25, -0.2) is 4.79 Å². The molecule has 6 heteroatoms. The lowest BCUT2D eigenvalue weighted by Gasteiger charge is -2.03. The molecule has 0 aliphatic rings. The van der Waals surface area contributed by atoms with Crippen LogP contribution in [0.5, 0.6) is 5.75 Å². The average molecular weight is 251 g/mol. The minimum Gasteiger partial charge on any atom is -0.489 e. The van der Waals surface area contributed by atoms with E-state index in [2.05, 4.69) is 4.74 Å². The predicted molar refractivity (Wildman–Crippen MR) is 64.4 cm³/mol. The molecule has 1 aromatic carbocycles. The third-order valence-electron chi connectivity index (χ3n) is 2.18. The molecule has 0 saturated carbocycles. The van der Waals surface area contributed by atoms with Gasteiger partial charge in [-0.15, -0.1) is 0 Å². The molecular formula is C12H13NO5. The smallest absolute Gasteiger partial charge is 0.333 e. The number of ether oxygens (including phenoxy) is 2. The third-order valence-corrected chi connectivity index (χ3v) is 2.18. The second-order valence-corrected chi connectivity index (χ2v) is 3.44. The summed E-state index contributed by atoms with van der Waals surface area (Å²) in [7, 11) is 1.29. The van der Waals surface area contributed by atoms with Crippen LogP contribution in [0.4, 0.5) is 5.69 Å². The van der Waals surface area contributed by atoms with E-state index in [0.29, 0.717) is 11.3 Å². The van der Waals surface area contributed by atoms with Gasteiger partial charge in [0.2, 0.25) is 0 Å². The molecule has 1 aromatic rings. The summed E-state index contributed by atoms with van der Waals surface area (Å²) in [5.74, 6) is -0.0595. The zero-order valence-electron chi connectivity index (χ0n) is 10.1. The summed E-state index contributed by atoms with van der Waals surface area (Å²) in [6.45, 7) is 1.74. The first-order valence-corrected chi connectivity index (χ1v) is 5.17. The average Bonchev–Trinajstić information content (AvgIpc) is 2.38. The molecule has 0 amide bonds. The molecular weight excluding hydrogens is 238 g/mol. The molecule has 0 fully saturated rings. The summed E-state index contributed by atoms with van der Waals surface area (Å²) in [5, 5.41) is 10.5. The highest BCUT2D eigenvalue weighted by Gasteiger charge is 2.06. The number of carbonyl (C=O) groups is 1. The Kier molecular flexibility index (Phi) is 4.86. The van der Waals surface area contributed by atoms with Crippen LogP contribution in [0.15, 0.2) is 35.9 Å². The number of nitro benzene ring substituents is 1. The van der Waals surface area contributed by atoms with Gasteiger partial charge in [-0.2, -0.15) is 0 Å². The van der Waals surface area contributed by atoms with Crippen LogP contribution in [0.3, 0.4) is 0 Å². The van der Waals surface area contributed by atoms with Gasteiger partial charge in [-0.3, -0.25) is 10.1 Å². The van der Waals surface area contributed by atoms with Crippen molar-refractivity contribution in [2.75, 3.05) is 13.7 Å². The van der Waals surface area contributed by atoms with Gasteiger partial charge in [-0.1, -0.05) is 6.07 Å². The van der Waals surface area contributed by atoms with Gasteiger partial charge < -0.3 is 9.47 Å². The molecule has 0 radical (unpaired) electrons. The number of esters is 1. The number of benzene rings is 1. The maximum absolute atomic E-state index is 11.1. The van der Waals surface area contributed by atoms with Crippen LogP contribution in [-0.4, -0.2) is 24.6 Å². The summed E-state index contributed by atoms with van der Waals surface area (Å²) < 4.78 is 9.79. The van der Waals surface area contributed by atoms with E-state index in [0.717, 1.165) is 0 Å². The fraction of sp³-hybridized carbons (Fsp3) is 0.250. The quantitative estimate of drug-likeness (QED) is 0.346. The fourth-order valence-corrected chi connectivity index (χ4v) is 1.19. The molecule has 1 rings (SSSR count). The van der Waals surface area contributed by atoms with Gasteiger partial charge in [0, 0.05) is 11.6 Å². The lowest BCUT2D eigenvalue weighted by atomic mass is 10.3. The van der Waals surface area contributed by atoms with E-state index in [1.165, 1.54) is 25.3 Å². The lowest BCUT2D eigenvalue weighted by Crippen LogP contribution is -2.04. The third kappa shape index (κ3) is 3.89. The number of hydrogen-bond donors (Lipinski definition) is 0. The minimum absolute atomic E-state index is 0.0406. The largest absolute Gasteiger partial charge is 0.489 e. The molecule has 0 spiro atoms. The van der Waals surface area contributed by atoms with Gasteiger partial charge in [0.15, 0.2) is 0 Å². The molecule has 0 aromatic heterocycles. The molecule has 0 bridgehead atoms. The van der Waals surface area contributed by atoms with Crippen molar-refractivity contribution in [2.45, 2.75) is 6.92 Å². The van der Waals surface area contributed by atoms with Crippen LogP contribution < -0.4 is 4.74 Å². The van der Waals surface area contributed by atoms with E-state index < -0.39 is 10.9 Å². The number of nitrogens with zero attached hydrogens (tertiary/aromatic N) is 1. The molecule has 0 atom stereocenters. The van der Waals surface area contributed by atoms with Crippen molar-refractivity contribution in [1.29, 1.82) is 0 Å². The second-order valence-electron chi connectivity index (χ2n) is 3.44. The number of methoxy groups -OCH3 is 1. The molecule has 0 unspecified atom stereocenters. The van der Waals surface area contributed by atoms with Crippen LogP contribution >= 0.6 is 0 Å². The van der Waals surface area contributed by atoms with E-state index >= 15 is 0 Å². The Morgan fingerprint density at radius 3 is 2.83 bits per heavy atom. The SMILES string of the molecule is COC(=O)C(C)=CCOc1cccc([N+](=O)[O-])c1. The van der Waals surface area contributed by atoms with Crippen LogP contribution in [-0.2, 0) is 9.53 Å². The van der Waals surface area contributed by atoms with Crippen molar-refractivity contribution < 1.29 is 19.2 Å². The van der Waals surface area contributed by atoms with Gasteiger partial charge >= 0.3 is 5.97 Å². The number of non-ortho nitro benzene ring substituents is 1. The first kappa shape index (κ1) is 13.7. The summed E-state index contributed by atoms with van der Waals surface area (Å²) in [5.41, 5.74) is 0.379. The molecule has 18 heavy (non-hydrogen) atoms. The number of nitro groups is 1. The van der Waals surface area contributed by atoms with Crippen molar-refractivity contribution in [3.05, 3.63) is 46.0 Å². The summed E-state index contributed by atoms with van der Waals surface area (Å²) in [6, 6.07) is 5.84. The Balaban J connectivity index is 2.61. The first-order chi connectivity index (χ1) is 8.54. The van der Waals surface area contributed by atoms with Crippen molar-refractivity contribution in [2.24, 2.45) is 0 Å². The highest BCUT2D eigenvalue weighted by molar-refractivity contribution is 5.87. The van der Waals surface area contributed by atoms with Gasteiger partial charge in [0.25, 0.3) is 5.69 Å². The minimum atomic E-state index is -0.498. The molecule has 0 heterocycles. The van der Waals surface area contributed by atoms with Gasteiger partial charge in [0.1, 0.15) is 12.4 Å². The zero-order valence-corrected chi connectivity index (χ0v) is 10.1. The normalized spacial score (nSPS) is 10.9. The Morgan fingerprint density at radius 2 is 2.22 bits per heavy atom. The first-order valence-electron chi connectivity index (χ1n) is 5.17. The van der Waals surface area contributed by atoms with Crippen molar-refractivity contribution in [3.8, 4) is 5.75 Å². The van der Waals surface area contributed by atoms with Gasteiger partial charge in [0.05, 0.1) is 18.1 Å². The highest BCUT2D eigenvalue weighted by Crippen LogP contribution is 2.19. The Morgan fingerprint density at radius 1 is 1.50 bits per heavy atom. The van der Waals surface area contributed by atoms with Crippen molar-refractivity contribution in [1.82, 2.24) is 0 Å². The van der Waals surface area contributed by atoms with Crippen LogP contribution in [0.1, 0.15) is 6.92 Å². The number of hydrogen-bond acceptors (Lipinski definition) is 5. The Labute approximate surface area is 104 Å². The van der Waals surface area contributed by atoms with E-state index in [9.17, 15) is 14.9 Å². The van der Waals surface area contributed by atoms with Crippen LogP contribution in [0.25, 0.3) is 0 Å². The maximum atomic E-state index is 11.1. The van der Waals surface area contributed by atoms with Gasteiger partial charge in [-0.05, 0) is 19.1 Å². The van der Waals surface area contributed by atoms with Crippen molar-refractivity contribution in [3.63, 3.8) is 0 Å². The van der Waals surface area contributed by atoms with Crippen molar-refractivity contribution >= 4 is 11.7 Å². The molecule has 0 aliphatic heterocycles. The molecule has 96 valence electrons. The van der Waals surface area contributed by atoms with E-state index in [1.54, 1.807) is 19.1 Å². The Hall–Kier alpha value is -2.37. The number of rotatable bonds is 5. The standard InChI is InChI=1S/C12H13NO5/c1-9(12(14)17-2)6-7-18-11-5-3-4-10(8-11)13(15)16/h3-6,8H,7H2,1-2H3. The molecule has 6 nitrogen and oxygen atoms in total. The highest BCUT2D eigenvalue weighted by atomic mass is 16.6.